The van der Waals surface area contributed by atoms with Gasteiger partial charge >= 0.3 is 6.09 Å². The summed E-state index contributed by atoms with van der Waals surface area (Å²) in [6, 6.07) is 6.05. The molecule has 0 unspecified atom stereocenters. The predicted octanol–water partition coefficient (Wildman–Crippen LogP) is 5.77. The van der Waals surface area contributed by atoms with Crippen molar-refractivity contribution in [2.75, 3.05) is 17.7 Å². The summed E-state index contributed by atoms with van der Waals surface area (Å²) >= 11 is 0. The number of benzene rings is 1. The summed E-state index contributed by atoms with van der Waals surface area (Å²) in [4.78, 5) is 30.6. The number of alkyl carbamates (subject to hydrolysis) is 1. The zero-order valence-corrected chi connectivity index (χ0v) is 24.3. The summed E-state index contributed by atoms with van der Waals surface area (Å²) in [6.07, 6.45) is 3.40. The van der Waals surface area contributed by atoms with Gasteiger partial charge in [-0.2, -0.15) is 0 Å². The number of rotatable bonds is 6. The highest BCUT2D eigenvalue weighted by atomic mass is 28.3. The Morgan fingerprint density at radius 1 is 1.27 bits per heavy atom. The Hall–Kier alpha value is -2.85. The molecule has 10 heteroatoms. The van der Waals surface area contributed by atoms with E-state index in [0.29, 0.717) is 49.1 Å². The molecule has 0 aliphatic carbocycles. The normalized spacial score (nSPS) is 18.7. The highest BCUT2D eigenvalue weighted by molar-refractivity contribution is 6.76. The molecule has 9 nitrogen and oxygen atoms in total. The minimum Gasteiger partial charge on any atom is -0.444 e. The lowest BCUT2D eigenvalue weighted by atomic mass is 9.99. The van der Waals surface area contributed by atoms with Crippen molar-refractivity contribution in [3.8, 4) is 11.3 Å². The van der Waals surface area contributed by atoms with Gasteiger partial charge in [0.25, 0.3) is 0 Å². The highest BCUT2D eigenvalue weighted by Gasteiger charge is 2.27. The Kier molecular flexibility index (Phi) is 9.07. The number of anilines is 2. The number of aromatic nitrogens is 2. The third-order valence-corrected chi connectivity index (χ3v) is 7.90. The molecule has 1 aliphatic rings. The van der Waals surface area contributed by atoms with Crippen LogP contribution in [-0.4, -0.2) is 41.8 Å². The number of hydrogen-bond donors (Lipinski definition) is 3. The molecular weight excluding hydrogens is 486 g/mol. The Balaban J connectivity index is 2.02. The highest BCUT2D eigenvalue weighted by Crippen LogP contribution is 2.33. The molecule has 0 spiro atoms. The number of ether oxygens (including phenoxy) is 2. The van der Waals surface area contributed by atoms with Gasteiger partial charge in [0, 0.05) is 38.0 Å². The lowest BCUT2D eigenvalue weighted by Gasteiger charge is -2.24. The van der Waals surface area contributed by atoms with Crippen molar-refractivity contribution >= 4 is 31.4 Å². The molecule has 2 heterocycles. The summed E-state index contributed by atoms with van der Waals surface area (Å²) in [6.45, 7) is 15.3. The maximum absolute atomic E-state index is 12.9. The van der Waals surface area contributed by atoms with Gasteiger partial charge in [-0.15, -0.1) is 0 Å². The van der Waals surface area contributed by atoms with Crippen molar-refractivity contribution in [3.05, 3.63) is 30.2 Å². The SMILES string of the molecule is C[C@H]1CCC[C@H](NC(=O)OC(C)(C)C)c2nc(cn2COCC[Si](C)(C)C)-c2ccc(N)cc2NC1=O. The molecular formula is C27H43N5O4Si. The van der Waals surface area contributed by atoms with Crippen LogP contribution in [-0.2, 0) is 21.0 Å². The van der Waals surface area contributed by atoms with Crippen molar-refractivity contribution in [3.63, 3.8) is 0 Å². The van der Waals surface area contributed by atoms with Gasteiger partial charge in [0.1, 0.15) is 18.2 Å². The van der Waals surface area contributed by atoms with Crippen LogP contribution in [0.15, 0.2) is 24.4 Å². The van der Waals surface area contributed by atoms with E-state index in [1.165, 1.54) is 0 Å². The molecule has 0 saturated heterocycles. The Morgan fingerprint density at radius 3 is 2.68 bits per heavy atom. The lowest BCUT2D eigenvalue weighted by Crippen LogP contribution is -2.36. The summed E-state index contributed by atoms with van der Waals surface area (Å²) < 4.78 is 13.6. The summed E-state index contributed by atoms with van der Waals surface area (Å²) in [7, 11) is -1.24. The summed E-state index contributed by atoms with van der Waals surface area (Å²) in [5, 5.41) is 6.06. The molecule has 4 N–H and O–H groups in total. The summed E-state index contributed by atoms with van der Waals surface area (Å²) in [5.74, 6) is 0.417. The first kappa shape index (κ1) is 28.7. The molecule has 3 rings (SSSR count). The Bertz CT molecular complexity index is 1100. The van der Waals surface area contributed by atoms with Gasteiger partial charge in [-0.25, -0.2) is 9.78 Å². The zero-order chi connectivity index (χ0) is 27.4. The Morgan fingerprint density at radius 2 is 2.00 bits per heavy atom. The van der Waals surface area contributed by atoms with E-state index in [0.717, 1.165) is 18.0 Å². The monoisotopic (exact) mass is 529 g/mol. The fraction of sp³-hybridized carbons (Fsp3) is 0.593. The second-order valence-corrected chi connectivity index (χ2v) is 17.7. The van der Waals surface area contributed by atoms with Crippen molar-refractivity contribution in [1.29, 1.82) is 0 Å². The molecule has 2 amide bonds. The van der Waals surface area contributed by atoms with E-state index in [1.807, 2.05) is 44.5 Å². The topological polar surface area (TPSA) is 120 Å². The van der Waals surface area contributed by atoms with Crippen LogP contribution in [0.25, 0.3) is 11.3 Å². The first-order valence-corrected chi connectivity index (χ1v) is 16.8. The van der Waals surface area contributed by atoms with Crippen LogP contribution in [0, 0.1) is 5.92 Å². The van der Waals surface area contributed by atoms with Crippen LogP contribution in [0.2, 0.25) is 25.7 Å². The van der Waals surface area contributed by atoms with E-state index in [1.54, 1.807) is 12.1 Å². The fourth-order valence-electron chi connectivity index (χ4n) is 4.10. The molecule has 2 aromatic rings. The van der Waals surface area contributed by atoms with E-state index in [-0.39, 0.29) is 11.8 Å². The molecule has 0 saturated carbocycles. The molecule has 37 heavy (non-hydrogen) atoms. The zero-order valence-electron chi connectivity index (χ0n) is 23.3. The van der Waals surface area contributed by atoms with Crippen LogP contribution in [0.1, 0.15) is 58.8 Å². The minimum absolute atomic E-state index is 0.0709. The number of amides is 2. The van der Waals surface area contributed by atoms with Gasteiger partial charge in [-0.1, -0.05) is 33.0 Å². The molecule has 1 aliphatic heterocycles. The molecule has 204 valence electrons. The number of carbonyl (C=O) groups excluding carboxylic acids is 2. The van der Waals surface area contributed by atoms with Crippen molar-refractivity contribution in [2.45, 2.75) is 91.0 Å². The van der Waals surface area contributed by atoms with E-state index in [9.17, 15) is 9.59 Å². The average molecular weight is 530 g/mol. The van der Waals surface area contributed by atoms with Gasteiger partial charge in [-0.05, 0) is 57.9 Å². The molecule has 0 fully saturated rings. The maximum atomic E-state index is 12.9. The van der Waals surface area contributed by atoms with Crippen molar-refractivity contribution in [2.24, 2.45) is 5.92 Å². The van der Waals surface area contributed by atoms with Gasteiger partial charge in [-0.3, -0.25) is 4.79 Å². The molecule has 1 aromatic heterocycles. The molecule has 2 bridgehead atoms. The van der Waals surface area contributed by atoms with E-state index < -0.39 is 25.8 Å². The van der Waals surface area contributed by atoms with Crippen molar-refractivity contribution in [1.82, 2.24) is 14.9 Å². The molecule has 0 radical (unpaired) electrons. The number of carbonyl (C=O) groups is 2. The quantitative estimate of drug-likeness (QED) is 0.248. The van der Waals surface area contributed by atoms with E-state index >= 15 is 0 Å². The second kappa shape index (κ2) is 11.7. The standard InChI is InChI=1S/C27H43N5O4Si/c1-18-9-8-10-21(31-26(34)36-27(2,3)4)24-29-23(16-32(24)17-35-13-14-37(5,6)7)20-12-11-19(28)15-22(20)30-25(18)33/h11-12,15-16,18,21H,8-10,13-14,17,28H2,1-7H3,(H,30,33)(H,31,34)/t18-,21-/m0/s1. The lowest BCUT2D eigenvalue weighted by molar-refractivity contribution is -0.119. The Labute approximate surface area is 221 Å². The minimum atomic E-state index is -1.24. The maximum Gasteiger partial charge on any atom is 0.408 e. The van der Waals surface area contributed by atoms with Gasteiger partial charge in [0.15, 0.2) is 0 Å². The third-order valence-electron chi connectivity index (χ3n) is 6.19. The van der Waals surface area contributed by atoms with E-state index in [2.05, 4.69) is 30.3 Å². The molecule has 2 atom stereocenters. The van der Waals surface area contributed by atoms with Gasteiger partial charge < -0.3 is 30.4 Å². The van der Waals surface area contributed by atoms with Gasteiger partial charge in [0.2, 0.25) is 5.91 Å². The van der Waals surface area contributed by atoms with Crippen LogP contribution in [0.5, 0.6) is 0 Å². The van der Waals surface area contributed by atoms with Gasteiger partial charge in [0.05, 0.1) is 17.4 Å². The smallest absolute Gasteiger partial charge is 0.408 e. The fourth-order valence-corrected chi connectivity index (χ4v) is 4.86. The largest absolute Gasteiger partial charge is 0.444 e. The van der Waals surface area contributed by atoms with Crippen LogP contribution in [0.3, 0.4) is 0 Å². The number of hydrogen-bond acceptors (Lipinski definition) is 6. The third kappa shape index (κ3) is 8.60. The van der Waals surface area contributed by atoms with E-state index in [4.69, 9.17) is 20.2 Å². The number of fused-ring (bicyclic) bond motifs is 4. The average Bonchev–Trinajstić information content (AvgIpc) is 3.17. The van der Waals surface area contributed by atoms with Crippen LogP contribution in [0.4, 0.5) is 16.2 Å². The molecule has 1 aromatic carbocycles. The number of nitrogens with zero attached hydrogens (tertiary/aromatic N) is 2. The first-order valence-electron chi connectivity index (χ1n) is 13.1. The van der Waals surface area contributed by atoms with Crippen LogP contribution < -0.4 is 16.4 Å². The number of nitrogens with one attached hydrogen (secondary N) is 2. The first-order chi connectivity index (χ1) is 17.2. The number of nitrogen functional groups attached to an aromatic ring is 1. The van der Waals surface area contributed by atoms with Crippen LogP contribution >= 0.6 is 0 Å². The number of imidazole rings is 1. The van der Waals surface area contributed by atoms with Crippen molar-refractivity contribution < 1.29 is 19.1 Å². The number of nitrogens with two attached hydrogens (primary N) is 1. The summed E-state index contributed by atoms with van der Waals surface area (Å²) in [5.41, 5.74) is 8.02. The predicted molar refractivity (Wildman–Crippen MR) is 150 cm³/mol. The second-order valence-electron chi connectivity index (χ2n) is 12.1.